The Hall–Kier alpha value is -3.13. The smallest absolute Gasteiger partial charge is 0.0808 e. The summed E-state index contributed by atoms with van der Waals surface area (Å²) in [4.78, 5) is 0. The lowest BCUT2D eigenvalue weighted by Crippen LogP contribution is -2.20. The molecule has 0 amide bonds. The Morgan fingerprint density at radius 2 is 1.32 bits per heavy atom. The van der Waals surface area contributed by atoms with Crippen LogP contribution in [0.3, 0.4) is 0 Å². The minimum atomic E-state index is 0.149. The first-order valence-electron chi connectivity index (χ1n) is 8.58. The number of rotatable bonds is 4. The van der Waals surface area contributed by atoms with Gasteiger partial charge in [0.15, 0.2) is 0 Å². The van der Waals surface area contributed by atoms with Crippen molar-refractivity contribution in [2.45, 2.75) is 6.04 Å². The van der Waals surface area contributed by atoms with Crippen molar-refractivity contribution < 1.29 is 0 Å². The number of hydrogen-bond donors (Lipinski definition) is 1. The summed E-state index contributed by atoms with van der Waals surface area (Å²) in [6.07, 6.45) is 4.45. The highest BCUT2D eigenvalue weighted by Crippen LogP contribution is 2.32. The van der Waals surface area contributed by atoms with Crippen LogP contribution in [0.2, 0.25) is 0 Å². The van der Waals surface area contributed by atoms with Crippen molar-refractivity contribution in [1.29, 1.82) is 0 Å². The highest BCUT2D eigenvalue weighted by Gasteiger charge is 2.31. The van der Waals surface area contributed by atoms with E-state index in [1.54, 1.807) is 0 Å². The van der Waals surface area contributed by atoms with Gasteiger partial charge in [-0.3, -0.25) is 0 Å². The number of nitrogens with zero attached hydrogens (tertiary/aromatic N) is 1. The van der Waals surface area contributed by atoms with E-state index < -0.39 is 0 Å². The first-order chi connectivity index (χ1) is 12.4. The Morgan fingerprint density at radius 1 is 0.720 bits per heavy atom. The van der Waals surface area contributed by atoms with Crippen LogP contribution in [-0.4, -0.2) is 5.71 Å². The third kappa shape index (κ3) is 3.38. The topological polar surface area (TPSA) is 24.4 Å². The Labute approximate surface area is 148 Å². The lowest BCUT2D eigenvalue weighted by Gasteiger charge is -2.18. The van der Waals surface area contributed by atoms with Crippen molar-refractivity contribution in [2.24, 2.45) is 11.0 Å². The molecule has 4 rings (SSSR count). The minimum Gasteiger partial charge on any atom is -0.301 e. The number of hydrogen-bond acceptors (Lipinski definition) is 2. The summed E-state index contributed by atoms with van der Waals surface area (Å²) in [6, 6.07) is 31.5. The van der Waals surface area contributed by atoms with Crippen molar-refractivity contribution in [3.05, 3.63) is 114 Å². The molecule has 0 radical (unpaired) electrons. The Balaban J connectivity index is 1.69. The number of hydrazone groups is 1. The fourth-order valence-electron chi connectivity index (χ4n) is 3.24. The fraction of sp³-hybridized carbons (Fsp3) is 0.0870. The molecule has 2 atom stereocenters. The molecule has 122 valence electrons. The van der Waals surface area contributed by atoms with Crippen LogP contribution in [-0.2, 0) is 0 Å². The number of benzene rings is 3. The molecule has 3 aromatic rings. The molecule has 3 aromatic carbocycles. The quantitative estimate of drug-likeness (QED) is 0.712. The van der Waals surface area contributed by atoms with Crippen LogP contribution in [0.15, 0.2) is 102 Å². The standard InChI is InChI=1S/C23H20N2/c1-4-10-18(11-5-1)16-17-21-22(19-12-6-2-7-13-19)24-25-23(21)20-14-8-3-9-15-20/h1-17,21-22,24H/b17-16+/t21-,22+/m0/s1. The third-order valence-electron chi connectivity index (χ3n) is 4.52. The first-order valence-corrected chi connectivity index (χ1v) is 8.58. The van der Waals surface area contributed by atoms with Gasteiger partial charge in [0.2, 0.25) is 0 Å². The molecule has 1 heterocycles. The molecule has 1 N–H and O–H groups in total. The van der Waals surface area contributed by atoms with E-state index in [0.717, 1.165) is 11.3 Å². The summed E-state index contributed by atoms with van der Waals surface area (Å²) in [7, 11) is 0. The van der Waals surface area contributed by atoms with Gasteiger partial charge in [-0.1, -0.05) is 103 Å². The highest BCUT2D eigenvalue weighted by molar-refractivity contribution is 6.05. The molecule has 25 heavy (non-hydrogen) atoms. The molecule has 0 aliphatic carbocycles. The van der Waals surface area contributed by atoms with Crippen LogP contribution in [0.5, 0.6) is 0 Å². The van der Waals surface area contributed by atoms with Gasteiger partial charge in [0.1, 0.15) is 0 Å². The second kappa shape index (κ2) is 7.18. The van der Waals surface area contributed by atoms with Crippen LogP contribution in [0.1, 0.15) is 22.7 Å². The molecular formula is C23H20N2. The average molecular weight is 324 g/mol. The maximum Gasteiger partial charge on any atom is 0.0808 e. The Kier molecular flexibility index (Phi) is 4.42. The summed E-state index contributed by atoms with van der Waals surface area (Å²) < 4.78 is 0. The molecule has 0 aromatic heterocycles. The summed E-state index contributed by atoms with van der Waals surface area (Å²) in [6.45, 7) is 0. The van der Waals surface area contributed by atoms with Crippen LogP contribution in [0.4, 0.5) is 0 Å². The molecule has 0 spiro atoms. The zero-order chi connectivity index (χ0) is 16.9. The van der Waals surface area contributed by atoms with E-state index in [4.69, 9.17) is 0 Å². The lowest BCUT2D eigenvalue weighted by molar-refractivity contribution is 0.557. The molecule has 1 aliphatic rings. The molecule has 0 saturated carbocycles. The van der Waals surface area contributed by atoms with Crippen LogP contribution in [0.25, 0.3) is 6.08 Å². The summed E-state index contributed by atoms with van der Waals surface area (Å²) >= 11 is 0. The summed E-state index contributed by atoms with van der Waals surface area (Å²) in [5.74, 6) is 0.185. The van der Waals surface area contributed by atoms with E-state index in [2.05, 4.69) is 95.5 Å². The molecule has 1 aliphatic heterocycles. The van der Waals surface area contributed by atoms with Gasteiger partial charge in [0.05, 0.1) is 11.8 Å². The van der Waals surface area contributed by atoms with Gasteiger partial charge in [-0.2, -0.15) is 5.10 Å². The van der Waals surface area contributed by atoms with E-state index >= 15 is 0 Å². The van der Waals surface area contributed by atoms with Gasteiger partial charge < -0.3 is 5.43 Å². The molecule has 0 fully saturated rings. The monoisotopic (exact) mass is 324 g/mol. The van der Waals surface area contributed by atoms with Gasteiger partial charge in [-0.05, 0) is 16.7 Å². The maximum atomic E-state index is 4.67. The van der Waals surface area contributed by atoms with E-state index in [1.807, 2.05) is 18.2 Å². The van der Waals surface area contributed by atoms with Crippen molar-refractivity contribution in [3.63, 3.8) is 0 Å². The second-order valence-corrected chi connectivity index (χ2v) is 6.18. The minimum absolute atomic E-state index is 0.149. The summed E-state index contributed by atoms with van der Waals surface area (Å²) in [5.41, 5.74) is 8.04. The zero-order valence-electron chi connectivity index (χ0n) is 13.9. The van der Waals surface area contributed by atoms with Crippen LogP contribution in [0, 0.1) is 5.92 Å². The molecule has 0 saturated heterocycles. The van der Waals surface area contributed by atoms with Gasteiger partial charge in [0, 0.05) is 5.92 Å². The van der Waals surface area contributed by atoms with E-state index in [-0.39, 0.29) is 12.0 Å². The van der Waals surface area contributed by atoms with Gasteiger partial charge in [0.25, 0.3) is 0 Å². The Bertz CT molecular complexity index is 868. The van der Waals surface area contributed by atoms with Gasteiger partial charge in [-0.15, -0.1) is 0 Å². The lowest BCUT2D eigenvalue weighted by atomic mass is 9.87. The first kappa shape index (κ1) is 15.4. The SMILES string of the molecule is C(=C\[C@@H]1C(c2ccccc2)=NN[C@@H]1c1ccccc1)/c1ccccc1. The molecular weight excluding hydrogens is 304 g/mol. The molecule has 0 bridgehead atoms. The van der Waals surface area contributed by atoms with Gasteiger partial charge >= 0.3 is 0 Å². The normalized spacial score (nSPS) is 19.6. The van der Waals surface area contributed by atoms with Crippen LogP contribution >= 0.6 is 0 Å². The van der Waals surface area contributed by atoms with Crippen molar-refractivity contribution >= 4 is 11.8 Å². The van der Waals surface area contributed by atoms with Crippen molar-refractivity contribution in [2.75, 3.05) is 0 Å². The largest absolute Gasteiger partial charge is 0.301 e. The predicted octanol–water partition coefficient (Wildman–Crippen LogP) is 5.06. The summed E-state index contributed by atoms with van der Waals surface area (Å²) in [5, 5.41) is 4.67. The maximum absolute atomic E-state index is 4.67. The molecule has 2 nitrogen and oxygen atoms in total. The highest BCUT2D eigenvalue weighted by atomic mass is 15.3. The van der Waals surface area contributed by atoms with Crippen LogP contribution < -0.4 is 5.43 Å². The van der Waals surface area contributed by atoms with Crippen molar-refractivity contribution in [1.82, 2.24) is 5.43 Å². The number of nitrogens with one attached hydrogen (secondary N) is 1. The van der Waals surface area contributed by atoms with E-state index in [0.29, 0.717) is 0 Å². The van der Waals surface area contributed by atoms with E-state index in [1.165, 1.54) is 11.1 Å². The van der Waals surface area contributed by atoms with Crippen molar-refractivity contribution in [3.8, 4) is 0 Å². The predicted molar refractivity (Wildman–Crippen MR) is 104 cm³/mol. The third-order valence-corrected chi connectivity index (χ3v) is 4.52. The fourth-order valence-corrected chi connectivity index (χ4v) is 3.24. The Morgan fingerprint density at radius 3 is 2.00 bits per heavy atom. The molecule has 2 heteroatoms. The average Bonchev–Trinajstić information content (AvgIpc) is 3.12. The second-order valence-electron chi connectivity index (χ2n) is 6.18. The zero-order valence-corrected chi connectivity index (χ0v) is 13.9. The van der Waals surface area contributed by atoms with Gasteiger partial charge in [-0.25, -0.2) is 0 Å². The molecule has 0 unspecified atom stereocenters. The van der Waals surface area contributed by atoms with E-state index in [9.17, 15) is 0 Å².